The van der Waals surface area contributed by atoms with Crippen molar-refractivity contribution in [1.82, 2.24) is 41.3 Å². The van der Waals surface area contributed by atoms with E-state index >= 15 is 38.4 Å². The van der Waals surface area contributed by atoms with Gasteiger partial charge in [-0.15, -0.1) is 0 Å². The van der Waals surface area contributed by atoms with Gasteiger partial charge in [-0.05, 0) is 123 Å². The molecule has 4 heterocycles. The molecule has 9 aromatic rings. The van der Waals surface area contributed by atoms with Gasteiger partial charge in [-0.25, -0.2) is 20.0 Å². The van der Waals surface area contributed by atoms with Crippen molar-refractivity contribution in [3.8, 4) is 0 Å². The van der Waals surface area contributed by atoms with Crippen molar-refractivity contribution in [3.05, 3.63) is 309 Å². The normalized spacial score (nSPS) is 19.8. The molecule has 2 unspecified atom stereocenters. The third-order valence-electron chi connectivity index (χ3n) is 18.5. The summed E-state index contributed by atoms with van der Waals surface area (Å²) in [5, 5.41) is 20.2. The molecule has 4 aliphatic heterocycles. The Hall–Kier alpha value is -10.4. The molecule has 4 saturated heterocycles. The Kier molecular flexibility index (Phi) is 18.7. The summed E-state index contributed by atoms with van der Waals surface area (Å²) in [6, 6.07) is 72.6. The molecule has 4 aliphatic rings. The third kappa shape index (κ3) is 12.4. The van der Waals surface area contributed by atoms with Gasteiger partial charge in [-0.3, -0.25) is 38.4 Å². The molecule has 0 aliphatic carbocycles. The number of carbonyl (C=O) groups is 8. The number of hydrogen-bond donors (Lipinski definition) is 4. The van der Waals surface area contributed by atoms with Gasteiger partial charge < -0.3 is 21.3 Å². The molecule has 9 aromatic carbocycles. The van der Waals surface area contributed by atoms with E-state index in [1.54, 1.807) is 48.5 Å². The first kappa shape index (κ1) is 64.3. The maximum Gasteiger partial charge on any atom is 0.252 e. The Bertz CT molecular complexity index is 3910. The van der Waals surface area contributed by atoms with Crippen molar-refractivity contribution in [2.75, 3.05) is 0 Å². The topological polar surface area (TPSA) is 198 Å². The lowest BCUT2D eigenvalue weighted by atomic mass is 10.0. The van der Waals surface area contributed by atoms with Crippen LogP contribution in [0.4, 0.5) is 0 Å². The zero-order valence-electron chi connectivity index (χ0n) is 53.5. The second-order valence-corrected chi connectivity index (χ2v) is 29.1. The summed E-state index contributed by atoms with van der Waals surface area (Å²) in [4.78, 5) is 123. The van der Waals surface area contributed by atoms with Gasteiger partial charge in [0.05, 0.1) is 24.2 Å². The first-order valence-electron chi connectivity index (χ1n) is 32.4. The van der Waals surface area contributed by atoms with Crippen LogP contribution >= 0.6 is 15.8 Å². The monoisotopic (exact) mass is 1310 g/mol. The van der Waals surface area contributed by atoms with Crippen LogP contribution in [0.3, 0.4) is 0 Å². The number of rotatable bonds is 18. The molecular formula is C78H72N8O8P2. The summed E-state index contributed by atoms with van der Waals surface area (Å²) in [5.41, 5.74) is 6.21. The zero-order valence-corrected chi connectivity index (χ0v) is 55.3. The fourth-order valence-corrected chi connectivity index (χ4v) is 21.3. The summed E-state index contributed by atoms with van der Waals surface area (Å²) in [6.07, 6.45) is -0.579. The highest BCUT2D eigenvalue weighted by Gasteiger charge is 2.60. The van der Waals surface area contributed by atoms with Gasteiger partial charge >= 0.3 is 0 Å². The van der Waals surface area contributed by atoms with Crippen LogP contribution in [-0.2, 0) is 19.2 Å². The van der Waals surface area contributed by atoms with Gasteiger partial charge in [0.1, 0.15) is 23.1 Å². The minimum Gasteiger partial charge on any atom is -0.346 e. The van der Waals surface area contributed by atoms with Crippen LogP contribution in [0.5, 0.6) is 0 Å². The molecular weight excluding hydrogens is 1240 g/mol. The Labute approximate surface area is 560 Å². The Morgan fingerprint density at radius 2 is 0.479 bits per heavy atom. The summed E-state index contributed by atoms with van der Waals surface area (Å²) < 4.78 is 0. The SMILES string of the molecule is C[C@H](NC(=O)c1ccccc1C1N2C(=O)CCC(=O)N2[C@@H](c2ccccc2C(=O)N[C@@H](C)c2ccccc2)P1c1ccccc1P1[C@H](c2ccccc2C(=O)N[C@@H](C)c2ccccc2)N2C(=O)CCC(=O)N2[C@H]1c1ccccc1C(=O)N[C@@H](C)c1ccccc1)c1ccccc1. The van der Waals surface area contributed by atoms with Crippen LogP contribution in [0, 0.1) is 0 Å². The molecule has 0 aromatic heterocycles. The maximum atomic E-state index is 15.5. The smallest absolute Gasteiger partial charge is 0.252 e. The molecule has 96 heavy (non-hydrogen) atoms. The van der Waals surface area contributed by atoms with Gasteiger partial charge in [0.15, 0.2) is 0 Å². The predicted molar refractivity (Wildman–Crippen MR) is 371 cm³/mol. The van der Waals surface area contributed by atoms with Crippen LogP contribution in [0.25, 0.3) is 0 Å². The predicted octanol–water partition coefficient (Wildman–Crippen LogP) is 13.4. The van der Waals surface area contributed by atoms with Crippen LogP contribution in [0.1, 0.15) is 187 Å². The number of nitrogens with one attached hydrogen (secondary N) is 4. The number of nitrogens with zero attached hydrogens (tertiary/aromatic N) is 4. The lowest BCUT2D eigenvalue weighted by Crippen LogP contribution is -2.50. The van der Waals surface area contributed by atoms with Crippen LogP contribution in [0.2, 0.25) is 0 Å². The molecule has 9 atom stereocenters. The number of hydrazine groups is 2. The van der Waals surface area contributed by atoms with E-state index in [4.69, 9.17) is 0 Å². The van der Waals surface area contributed by atoms with Gasteiger partial charge in [0.2, 0.25) is 23.6 Å². The number of carbonyl (C=O) groups excluding carboxylic acids is 8. The van der Waals surface area contributed by atoms with Crippen molar-refractivity contribution < 1.29 is 38.4 Å². The molecule has 0 bridgehead atoms. The number of hydrogen-bond acceptors (Lipinski definition) is 8. The first-order valence-corrected chi connectivity index (χ1v) is 35.4. The standard InChI is InChI=1S/C78H72N8O8P2/c1-49(53-27-9-5-10-28-53)79-71(91)57-35-17-21-39-61(57)75-83-67(87)45-46-68(88)84(83)76(62-40-22-18-36-58(62)72(92)80-50(2)54-29-11-6-12-30-54)95(75)65-43-25-26-44-66(65)96-77(63-41-23-19-37-59(63)73(93)81-51(3)55-31-13-7-14-32-55)85-69(89)47-48-70(90)86(85)78(96)64-42-24-20-38-60(64)74(94)82-52(4)56-33-15-8-16-34-56/h5-44,49-52,75-78H,45-48H2,1-4H3,(H,79,91)(H,80,92)(H,81,93)(H,82,94)/t49-,50-,51-,52-,75+,76+,77+,78?,96?/m0/s1. The van der Waals surface area contributed by atoms with E-state index < -0.39 is 86.8 Å². The van der Waals surface area contributed by atoms with Crippen LogP contribution < -0.4 is 31.9 Å². The second-order valence-electron chi connectivity index (χ2n) is 24.5. The van der Waals surface area contributed by atoms with Crippen LogP contribution in [0.15, 0.2) is 243 Å². The van der Waals surface area contributed by atoms with Crippen molar-refractivity contribution >= 4 is 73.7 Å². The maximum absolute atomic E-state index is 15.5. The summed E-state index contributed by atoms with van der Waals surface area (Å²) in [6.45, 7) is 7.58. The quantitative estimate of drug-likeness (QED) is 0.0609. The lowest BCUT2D eigenvalue weighted by molar-refractivity contribution is -0.171. The van der Waals surface area contributed by atoms with Crippen molar-refractivity contribution in [2.45, 2.75) is 101 Å². The summed E-state index contributed by atoms with van der Waals surface area (Å²) in [7, 11) is -4.41. The average Bonchev–Trinajstić information content (AvgIpc) is 1.55. The van der Waals surface area contributed by atoms with Gasteiger partial charge in [-0.2, -0.15) is 0 Å². The van der Waals surface area contributed by atoms with Crippen LogP contribution in [-0.4, -0.2) is 67.3 Å². The van der Waals surface area contributed by atoms with Crippen molar-refractivity contribution in [1.29, 1.82) is 0 Å². The number of benzene rings is 9. The van der Waals surface area contributed by atoms with E-state index in [-0.39, 0.29) is 71.6 Å². The van der Waals surface area contributed by atoms with Crippen molar-refractivity contribution in [3.63, 3.8) is 0 Å². The Balaban J connectivity index is 1.07. The first-order chi connectivity index (χ1) is 46.7. The second kappa shape index (κ2) is 27.9. The summed E-state index contributed by atoms with van der Waals surface area (Å²) in [5.74, 6) is -7.60. The minimum absolute atomic E-state index is 0.145. The van der Waals surface area contributed by atoms with E-state index in [0.29, 0.717) is 32.9 Å². The molecule has 482 valence electrons. The molecule has 18 heteroatoms. The van der Waals surface area contributed by atoms with Crippen molar-refractivity contribution in [2.24, 2.45) is 0 Å². The fourth-order valence-electron chi connectivity index (χ4n) is 13.8. The highest BCUT2D eigenvalue weighted by atomic mass is 31.1. The molecule has 0 spiro atoms. The molecule has 8 amide bonds. The molecule has 0 saturated carbocycles. The number of amides is 8. The van der Waals surface area contributed by atoms with Gasteiger partial charge in [0.25, 0.3) is 23.6 Å². The van der Waals surface area contributed by atoms with E-state index in [1.165, 1.54) is 20.0 Å². The average molecular weight is 1310 g/mol. The molecule has 13 rings (SSSR count). The molecule has 0 radical (unpaired) electrons. The summed E-state index contributed by atoms with van der Waals surface area (Å²) >= 11 is 0. The van der Waals surface area contributed by atoms with E-state index in [9.17, 15) is 0 Å². The Morgan fingerprint density at radius 3 is 0.698 bits per heavy atom. The molecule has 4 fully saturated rings. The zero-order chi connectivity index (χ0) is 66.7. The van der Waals surface area contributed by atoms with Gasteiger partial charge in [-0.1, -0.05) is 218 Å². The highest BCUT2D eigenvalue weighted by Crippen LogP contribution is 2.74. The van der Waals surface area contributed by atoms with E-state index in [2.05, 4.69) is 21.3 Å². The van der Waals surface area contributed by atoms with E-state index in [1.807, 2.05) is 222 Å². The van der Waals surface area contributed by atoms with E-state index in [0.717, 1.165) is 22.3 Å². The largest absolute Gasteiger partial charge is 0.346 e. The number of fused-ring (bicyclic) bond motifs is 2. The lowest BCUT2D eigenvalue weighted by Gasteiger charge is -2.38. The molecule has 4 N–H and O–H groups in total. The highest BCUT2D eigenvalue weighted by molar-refractivity contribution is 7.73. The van der Waals surface area contributed by atoms with Gasteiger partial charge in [0, 0.05) is 47.9 Å². The molecule has 16 nitrogen and oxygen atoms in total. The minimum atomic E-state index is -2.20. The fraction of sp³-hybridized carbons (Fsp3) is 0.205. The third-order valence-corrected chi connectivity index (χ3v) is 24.7. The Morgan fingerprint density at radius 1 is 0.292 bits per heavy atom.